The van der Waals surface area contributed by atoms with Gasteiger partial charge in [0, 0.05) is 11.6 Å². The summed E-state index contributed by atoms with van der Waals surface area (Å²) in [4.78, 5) is 24.4. The second-order valence-electron chi connectivity index (χ2n) is 4.92. The average Bonchev–Trinajstić information content (AvgIpc) is 2.90. The molecule has 7 heteroatoms. The first-order valence-corrected chi connectivity index (χ1v) is 6.66. The molecule has 0 aromatic heterocycles. The summed E-state index contributed by atoms with van der Waals surface area (Å²) in [5, 5.41) is 9.36. The highest BCUT2D eigenvalue weighted by atomic mass is 19.1. The number of hydrogen-bond donors (Lipinski definition) is 1. The zero-order valence-corrected chi connectivity index (χ0v) is 11.7. The molecule has 1 aliphatic heterocycles. The van der Waals surface area contributed by atoms with E-state index in [0.29, 0.717) is 6.07 Å². The standard InChI is InChI=1S/C15H15F2NO4/c1-9(12-3-2-11(16)7-13(12)17)6-10(8-19)14(20)18-4-5-22-15(18)21/h2-3,7,10,19H,1,4-6,8H2. The summed E-state index contributed by atoms with van der Waals surface area (Å²) in [5.74, 6) is -3.06. The second-order valence-corrected chi connectivity index (χ2v) is 4.92. The SMILES string of the molecule is C=C(CC(CO)C(=O)N1CCOC1=O)c1ccc(F)cc1F. The maximum Gasteiger partial charge on any atom is 0.416 e. The highest BCUT2D eigenvalue weighted by Gasteiger charge is 2.33. The molecular formula is C15H15F2NO4. The third-order valence-corrected chi connectivity index (χ3v) is 3.40. The zero-order chi connectivity index (χ0) is 16.3. The van der Waals surface area contributed by atoms with Gasteiger partial charge in [-0.05, 0) is 24.1 Å². The van der Waals surface area contributed by atoms with Gasteiger partial charge in [-0.1, -0.05) is 6.58 Å². The summed E-state index contributed by atoms with van der Waals surface area (Å²) < 4.78 is 31.2. The summed E-state index contributed by atoms with van der Waals surface area (Å²) in [6, 6.07) is 3.02. The van der Waals surface area contributed by atoms with Gasteiger partial charge in [0.1, 0.15) is 18.2 Å². The number of imide groups is 1. The van der Waals surface area contributed by atoms with Gasteiger partial charge in [0.25, 0.3) is 0 Å². The number of amides is 2. The molecule has 1 aliphatic rings. The molecule has 1 heterocycles. The van der Waals surface area contributed by atoms with Crippen LogP contribution in [-0.2, 0) is 9.53 Å². The fourth-order valence-electron chi connectivity index (χ4n) is 2.23. The van der Waals surface area contributed by atoms with Gasteiger partial charge in [-0.25, -0.2) is 18.5 Å². The average molecular weight is 311 g/mol. The van der Waals surface area contributed by atoms with Crippen molar-refractivity contribution in [2.24, 2.45) is 5.92 Å². The highest BCUT2D eigenvalue weighted by Crippen LogP contribution is 2.25. The van der Waals surface area contributed by atoms with Crippen molar-refractivity contribution in [1.29, 1.82) is 0 Å². The molecule has 1 aromatic rings. The van der Waals surface area contributed by atoms with Gasteiger partial charge in [-0.15, -0.1) is 0 Å². The predicted molar refractivity (Wildman–Crippen MR) is 73.6 cm³/mol. The first-order valence-electron chi connectivity index (χ1n) is 6.66. The summed E-state index contributed by atoms with van der Waals surface area (Å²) in [5.41, 5.74) is 0.300. The number of nitrogens with zero attached hydrogens (tertiary/aromatic N) is 1. The van der Waals surface area contributed by atoms with Crippen molar-refractivity contribution in [3.05, 3.63) is 42.0 Å². The molecule has 1 fully saturated rings. The van der Waals surface area contributed by atoms with Crippen LogP contribution in [0.5, 0.6) is 0 Å². The lowest BCUT2D eigenvalue weighted by Gasteiger charge is -2.19. The maximum atomic E-state index is 13.7. The monoisotopic (exact) mass is 311 g/mol. The van der Waals surface area contributed by atoms with Crippen LogP contribution < -0.4 is 0 Å². The maximum absolute atomic E-state index is 13.7. The van der Waals surface area contributed by atoms with Crippen LogP contribution in [0.3, 0.4) is 0 Å². The Bertz CT molecular complexity index is 618. The van der Waals surface area contributed by atoms with Gasteiger partial charge < -0.3 is 9.84 Å². The lowest BCUT2D eigenvalue weighted by Crippen LogP contribution is -2.38. The molecule has 1 N–H and O–H groups in total. The fraction of sp³-hybridized carbons (Fsp3) is 0.333. The normalized spacial score (nSPS) is 15.6. The number of rotatable bonds is 5. The Balaban J connectivity index is 2.10. The van der Waals surface area contributed by atoms with Crippen LogP contribution in [0.1, 0.15) is 12.0 Å². The third kappa shape index (κ3) is 3.30. The Hall–Kier alpha value is -2.28. The molecule has 22 heavy (non-hydrogen) atoms. The van der Waals surface area contributed by atoms with Crippen molar-refractivity contribution in [3.8, 4) is 0 Å². The molecule has 1 unspecified atom stereocenters. The van der Waals surface area contributed by atoms with Gasteiger partial charge in [0.2, 0.25) is 5.91 Å². The molecule has 2 rings (SSSR count). The van der Waals surface area contributed by atoms with E-state index in [4.69, 9.17) is 0 Å². The van der Waals surface area contributed by atoms with Crippen LogP contribution in [0.4, 0.5) is 13.6 Å². The number of ether oxygens (including phenoxy) is 1. The fourth-order valence-corrected chi connectivity index (χ4v) is 2.23. The Morgan fingerprint density at radius 2 is 2.18 bits per heavy atom. The van der Waals surface area contributed by atoms with Gasteiger partial charge in [0.05, 0.1) is 19.1 Å². The first-order chi connectivity index (χ1) is 10.4. The number of benzene rings is 1. The second kappa shape index (κ2) is 6.65. The minimum Gasteiger partial charge on any atom is -0.447 e. The van der Waals surface area contributed by atoms with Crippen molar-refractivity contribution in [3.63, 3.8) is 0 Å². The van der Waals surface area contributed by atoms with Crippen LogP contribution in [0, 0.1) is 17.6 Å². The van der Waals surface area contributed by atoms with Crippen LogP contribution in [0.2, 0.25) is 0 Å². The van der Waals surface area contributed by atoms with Gasteiger partial charge >= 0.3 is 6.09 Å². The molecular weight excluding hydrogens is 296 g/mol. The molecule has 2 amide bonds. The van der Waals surface area contributed by atoms with E-state index in [0.717, 1.165) is 11.0 Å². The molecule has 1 atom stereocenters. The van der Waals surface area contributed by atoms with Crippen molar-refractivity contribution < 1.29 is 28.2 Å². The number of carbonyl (C=O) groups excluding carboxylic acids is 2. The minimum absolute atomic E-state index is 0.0539. The summed E-state index contributed by atoms with van der Waals surface area (Å²) in [6.45, 7) is 3.37. The molecule has 0 radical (unpaired) electrons. The smallest absolute Gasteiger partial charge is 0.416 e. The summed E-state index contributed by atoms with van der Waals surface area (Å²) in [7, 11) is 0. The van der Waals surface area contributed by atoms with Crippen molar-refractivity contribution in [2.75, 3.05) is 19.8 Å². The number of cyclic esters (lactones) is 1. The Kier molecular flexibility index (Phi) is 4.87. The molecule has 0 aliphatic carbocycles. The highest BCUT2D eigenvalue weighted by molar-refractivity contribution is 5.95. The van der Waals surface area contributed by atoms with Crippen LogP contribution in [0.15, 0.2) is 24.8 Å². The van der Waals surface area contributed by atoms with Crippen molar-refractivity contribution in [1.82, 2.24) is 4.90 Å². The number of aliphatic hydroxyl groups is 1. The van der Waals surface area contributed by atoms with Crippen molar-refractivity contribution >= 4 is 17.6 Å². The first kappa shape index (κ1) is 16.1. The molecule has 0 bridgehead atoms. The zero-order valence-electron chi connectivity index (χ0n) is 11.7. The van der Waals surface area contributed by atoms with E-state index in [1.54, 1.807) is 0 Å². The number of halogens is 2. The van der Waals surface area contributed by atoms with E-state index in [1.807, 2.05) is 0 Å². The Morgan fingerprint density at radius 3 is 2.73 bits per heavy atom. The van der Waals surface area contributed by atoms with E-state index >= 15 is 0 Å². The lowest BCUT2D eigenvalue weighted by molar-refractivity contribution is -0.133. The predicted octanol–water partition coefficient (Wildman–Crippen LogP) is 1.96. The van der Waals surface area contributed by atoms with Crippen molar-refractivity contribution in [2.45, 2.75) is 6.42 Å². The van der Waals surface area contributed by atoms with Gasteiger partial charge in [-0.3, -0.25) is 4.79 Å². The van der Waals surface area contributed by atoms with Gasteiger partial charge in [-0.2, -0.15) is 0 Å². The lowest BCUT2D eigenvalue weighted by atomic mass is 9.94. The molecule has 118 valence electrons. The number of hydrogen-bond acceptors (Lipinski definition) is 4. The number of allylic oxidation sites excluding steroid dienone is 1. The van der Waals surface area contributed by atoms with Crippen LogP contribution in [0.25, 0.3) is 5.57 Å². The third-order valence-electron chi connectivity index (χ3n) is 3.40. The minimum atomic E-state index is -0.942. The molecule has 0 saturated carbocycles. The quantitative estimate of drug-likeness (QED) is 0.902. The van der Waals surface area contributed by atoms with Crippen LogP contribution in [-0.4, -0.2) is 41.8 Å². The van der Waals surface area contributed by atoms with Gasteiger partial charge in [0.15, 0.2) is 0 Å². The van der Waals surface area contributed by atoms with E-state index < -0.39 is 36.2 Å². The molecule has 0 spiro atoms. The Labute approximate surface area is 125 Å². The Morgan fingerprint density at radius 1 is 1.45 bits per heavy atom. The summed E-state index contributed by atoms with van der Waals surface area (Å²) in [6.07, 6.45) is -0.816. The van der Waals surface area contributed by atoms with E-state index in [1.165, 1.54) is 6.07 Å². The van der Waals surface area contributed by atoms with E-state index in [2.05, 4.69) is 11.3 Å². The number of carbonyl (C=O) groups is 2. The molecule has 5 nitrogen and oxygen atoms in total. The van der Waals surface area contributed by atoms with E-state index in [9.17, 15) is 23.5 Å². The topological polar surface area (TPSA) is 66.8 Å². The van der Waals surface area contributed by atoms with E-state index in [-0.39, 0.29) is 30.7 Å². The van der Waals surface area contributed by atoms with Crippen LogP contribution >= 0.6 is 0 Å². The summed E-state index contributed by atoms with van der Waals surface area (Å²) >= 11 is 0. The molecule has 1 saturated heterocycles. The number of aliphatic hydroxyl groups excluding tert-OH is 1. The largest absolute Gasteiger partial charge is 0.447 e. The molecule has 1 aromatic carbocycles.